The van der Waals surface area contributed by atoms with Crippen LogP contribution in [0.1, 0.15) is 67.2 Å². The molecule has 0 heterocycles. The van der Waals surface area contributed by atoms with Gasteiger partial charge in [-0.25, -0.2) is 0 Å². The number of nitrogens with zero attached hydrogens (tertiary/aromatic N) is 1. The van der Waals surface area contributed by atoms with Crippen LogP contribution in [-0.4, -0.2) is 54.0 Å². The number of rotatable bonds is 10. The molecule has 0 bridgehead atoms. The van der Waals surface area contributed by atoms with Crippen molar-refractivity contribution in [2.75, 3.05) is 18.9 Å². The fourth-order valence-corrected chi connectivity index (χ4v) is 2.58. The number of unbranched alkanes of at least 4 members (excludes halogenated alkanes) is 1. The molecule has 0 aliphatic rings. The fourth-order valence-electron chi connectivity index (χ4n) is 2.35. The summed E-state index contributed by atoms with van der Waals surface area (Å²) in [5.41, 5.74) is 0. The SMILES string of the molecule is CCCCC(CC)CN(C(C)C)C(C)C.O=S(=O)(O)CCO. The van der Waals surface area contributed by atoms with Gasteiger partial charge in [0.25, 0.3) is 10.1 Å². The van der Waals surface area contributed by atoms with E-state index in [9.17, 15) is 8.42 Å². The van der Waals surface area contributed by atoms with E-state index >= 15 is 0 Å². The molecule has 0 fully saturated rings. The number of aliphatic hydroxyl groups excluding tert-OH is 1. The van der Waals surface area contributed by atoms with Crippen molar-refractivity contribution in [2.45, 2.75) is 79.3 Å². The van der Waals surface area contributed by atoms with Gasteiger partial charge >= 0.3 is 0 Å². The third-order valence-corrected chi connectivity index (χ3v) is 4.39. The highest BCUT2D eigenvalue weighted by atomic mass is 32.2. The first kappa shape index (κ1) is 24.1. The Hall–Kier alpha value is -0.170. The Balaban J connectivity index is 0. The maximum atomic E-state index is 9.63. The van der Waals surface area contributed by atoms with Crippen molar-refractivity contribution in [1.82, 2.24) is 4.90 Å². The lowest BCUT2D eigenvalue weighted by Crippen LogP contribution is -2.40. The first-order valence-electron chi connectivity index (χ1n) is 8.40. The van der Waals surface area contributed by atoms with Gasteiger partial charge in [-0.1, -0.05) is 33.1 Å². The molecule has 22 heavy (non-hydrogen) atoms. The summed E-state index contributed by atoms with van der Waals surface area (Å²) in [7, 11) is -3.92. The van der Waals surface area contributed by atoms with E-state index < -0.39 is 22.5 Å². The Kier molecular flexibility index (Phi) is 14.5. The van der Waals surface area contributed by atoms with E-state index in [1.165, 1.54) is 32.2 Å². The van der Waals surface area contributed by atoms with Crippen molar-refractivity contribution < 1.29 is 18.1 Å². The van der Waals surface area contributed by atoms with Crippen molar-refractivity contribution in [3.05, 3.63) is 0 Å². The van der Waals surface area contributed by atoms with Crippen LogP contribution in [0.25, 0.3) is 0 Å². The van der Waals surface area contributed by atoms with E-state index in [-0.39, 0.29) is 0 Å². The van der Waals surface area contributed by atoms with Crippen molar-refractivity contribution in [3.8, 4) is 0 Å². The Morgan fingerprint density at radius 2 is 1.55 bits per heavy atom. The zero-order valence-electron chi connectivity index (χ0n) is 15.2. The standard InChI is InChI=1S/C14H31N.C2H6O4S/c1-7-9-10-14(8-2)11-15(12(3)4)13(5)6;3-1-2-7(4,5)6/h12-14H,7-11H2,1-6H3;3H,1-2H2,(H,4,5,6). The van der Waals surface area contributed by atoms with E-state index in [0.29, 0.717) is 12.1 Å². The van der Waals surface area contributed by atoms with Crippen LogP contribution in [0.5, 0.6) is 0 Å². The van der Waals surface area contributed by atoms with E-state index in [1.54, 1.807) is 0 Å². The molecular formula is C16H37NO4S. The highest BCUT2D eigenvalue weighted by molar-refractivity contribution is 7.85. The van der Waals surface area contributed by atoms with E-state index in [0.717, 1.165) is 5.92 Å². The van der Waals surface area contributed by atoms with Crippen molar-refractivity contribution in [1.29, 1.82) is 0 Å². The smallest absolute Gasteiger partial charge is 0.267 e. The van der Waals surface area contributed by atoms with Gasteiger partial charge in [0.05, 0.1) is 12.4 Å². The van der Waals surface area contributed by atoms with Gasteiger partial charge in [-0.2, -0.15) is 8.42 Å². The summed E-state index contributed by atoms with van der Waals surface area (Å²) in [4.78, 5) is 2.63. The summed E-state index contributed by atoms with van der Waals surface area (Å²) in [6.45, 7) is 14.6. The van der Waals surface area contributed by atoms with Crippen molar-refractivity contribution in [3.63, 3.8) is 0 Å². The maximum absolute atomic E-state index is 9.63. The lowest BCUT2D eigenvalue weighted by Gasteiger charge is -2.33. The quantitative estimate of drug-likeness (QED) is 0.598. The normalized spacial score (nSPS) is 13.4. The molecule has 6 heteroatoms. The number of hydrogen-bond acceptors (Lipinski definition) is 4. The molecule has 0 aromatic heterocycles. The summed E-state index contributed by atoms with van der Waals surface area (Å²) < 4.78 is 27.1. The van der Waals surface area contributed by atoms with Gasteiger partial charge in [-0.15, -0.1) is 0 Å². The average Bonchev–Trinajstić information content (AvgIpc) is 2.37. The minimum atomic E-state index is -3.92. The van der Waals surface area contributed by atoms with Gasteiger partial charge in [-0.05, 0) is 40.0 Å². The lowest BCUT2D eigenvalue weighted by atomic mass is 9.97. The first-order valence-corrected chi connectivity index (χ1v) is 10.0. The van der Waals surface area contributed by atoms with E-state index in [1.807, 2.05) is 0 Å². The highest BCUT2D eigenvalue weighted by Crippen LogP contribution is 2.17. The van der Waals surface area contributed by atoms with Crippen LogP contribution in [0.2, 0.25) is 0 Å². The Labute approximate surface area is 137 Å². The Morgan fingerprint density at radius 1 is 1.05 bits per heavy atom. The van der Waals surface area contributed by atoms with Crippen molar-refractivity contribution in [2.24, 2.45) is 5.92 Å². The molecule has 1 atom stereocenters. The van der Waals surface area contributed by atoms with Crippen LogP contribution in [0.15, 0.2) is 0 Å². The molecule has 0 amide bonds. The molecule has 2 N–H and O–H groups in total. The molecule has 0 rings (SSSR count). The molecule has 0 aliphatic carbocycles. The van der Waals surface area contributed by atoms with Crippen LogP contribution in [0.4, 0.5) is 0 Å². The molecule has 0 aromatic rings. The van der Waals surface area contributed by atoms with Crippen LogP contribution >= 0.6 is 0 Å². The van der Waals surface area contributed by atoms with Crippen LogP contribution in [-0.2, 0) is 10.1 Å². The second kappa shape index (κ2) is 13.3. The van der Waals surface area contributed by atoms with Gasteiger partial charge in [0, 0.05) is 18.6 Å². The van der Waals surface area contributed by atoms with E-state index in [4.69, 9.17) is 9.66 Å². The molecule has 1 unspecified atom stereocenters. The molecule has 0 saturated heterocycles. The van der Waals surface area contributed by atoms with Gasteiger partial charge in [0.1, 0.15) is 0 Å². The lowest BCUT2D eigenvalue weighted by molar-refractivity contribution is 0.140. The third kappa shape index (κ3) is 14.8. The maximum Gasteiger partial charge on any atom is 0.267 e. The zero-order valence-corrected chi connectivity index (χ0v) is 16.1. The van der Waals surface area contributed by atoms with Crippen LogP contribution in [0.3, 0.4) is 0 Å². The monoisotopic (exact) mass is 339 g/mol. The highest BCUT2D eigenvalue weighted by Gasteiger charge is 2.17. The summed E-state index contributed by atoms with van der Waals surface area (Å²) in [6, 6.07) is 1.36. The molecule has 0 aromatic carbocycles. The topological polar surface area (TPSA) is 77.8 Å². The molecule has 0 spiro atoms. The number of hydrogen-bond donors (Lipinski definition) is 2. The minimum Gasteiger partial charge on any atom is -0.395 e. The second-order valence-electron chi connectivity index (χ2n) is 6.31. The number of aliphatic hydroxyl groups is 1. The van der Waals surface area contributed by atoms with Gasteiger partial charge in [0.2, 0.25) is 0 Å². The predicted molar refractivity (Wildman–Crippen MR) is 93.8 cm³/mol. The van der Waals surface area contributed by atoms with Crippen LogP contribution < -0.4 is 0 Å². The molecule has 0 radical (unpaired) electrons. The van der Waals surface area contributed by atoms with Gasteiger partial charge in [-0.3, -0.25) is 9.45 Å². The van der Waals surface area contributed by atoms with Gasteiger partial charge < -0.3 is 5.11 Å². The van der Waals surface area contributed by atoms with Gasteiger partial charge in [0.15, 0.2) is 0 Å². The second-order valence-corrected chi connectivity index (χ2v) is 7.88. The summed E-state index contributed by atoms with van der Waals surface area (Å²) in [6.07, 6.45) is 5.46. The Bertz CT molecular complexity index is 334. The predicted octanol–water partition coefficient (Wildman–Crippen LogP) is 3.19. The molecule has 5 nitrogen and oxygen atoms in total. The largest absolute Gasteiger partial charge is 0.395 e. The molecule has 0 saturated carbocycles. The van der Waals surface area contributed by atoms with E-state index in [2.05, 4.69) is 46.4 Å². The Morgan fingerprint density at radius 3 is 1.77 bits per heavy atom. The first-order chi connectivity index (χ1) is 10.1. The van der Waals surface area contributed by atoms with Crippen molar-refractivity contribution >= 4 is 10.1 Å². The molecular weight excluding hydrogens is 302 g/mol. The molecule has 0 aliphatic heterocycles. The van der Waals surface area contributed by atoms with Crippen LogP contribution in [0, 0.1) is 5.92 Å². The summed E-state index contributed by atoms with van der Waals surface area (Å²) in [5, 5.41) is 7.86. The summed E-state index contributed by atoms with van der Waals surface area (Å²) in [5.74, 6) is 0.322. The minimum absolute atomic E-state index is 0.529. The molecule has 136 valence electrons. The zero-order chi connectivity index (χ0) is 17.8. The fraction of sp³-hybridized carbons (Fsp3) is 1.00. The third-order valence-electron chi connectivity index (χ3n) is 3.69. The summed E-state index contributed by atoms with van der Waals surface area (Å²) >= 11 is 0. The average molecular weight is 340 g/mol.